The SMILES string of the molecule is COc1cc(C#N)cc(Cl)c1OCC(O)CO. The first kappa shape index (κ1) is 13.6. The lowest BCUT2D eigenvalue weighted by atomic mass is 10.2. The third-order valence-corrected chi connectivity index (χ3v) is 2.27. The predicted molar refractivity (Wildman–Crippen MR) is 61.3 cm³/mol. The number of hydrogen-bond donors (Lipinski definition) is 2. The number of benzene rings is 1. The maximum Gasteiger partial charge on any atom is 0.179 e. The molecule has 0 aliphatic heterocycles. The summed E-state index contributed by atoms with van der Waals surface area (Å²) in [4.78, 5) is 0. The number of nitrogens with zero attached hydrogens (tertiary/aromatic N) is 1. The van der Waals surface area contributed by atoms with Crippen LogP contribution in [0.2, 0.25) is 5.02 Å². The molecule has 0 bridgehead atoms. The molecule has 0 aliphatic carbocycles. The zero-order valence-electron chi connectivity index (χ0n) is 9.18. The Morgan fingerprint density at radius 3 is 2.76 bits per heavy atom. The van der Waals surface area contributed by atoms with Gasteiger partial charge in [0, 0.05) is 6.07 Å². The summed E-state index contributed by atoms with van der Waals surface area (Å²) in [6, 6.07) is 4.85. The normalized spacial score (nSPS) is 11.7. The van der Waals surface area contributed by atoms with E-state index in [1.54, 1.807) is 0 Å². The molecule has 2 N–H and O–H groups in total. The van der Waals surface area contributed by atoms with Crippen molar-refractivity contribution in [3.05, 3.63) is 22.7 Å². The molecule has 0 spiro atoms. The molecule has 0 fully saturated rings. The van der Waals surface area contributed by atoms with Gasteiger partial charge >= 0.3 is 0 Å². The summed E-state index contributed by atoms with van der Waals surface area (Å²) in [6.45, 7) is -0.519. The first-order chi connectivity index (χ1) is 8.12. The maximum absolute atomic E-state index is 9.16. The highest BCUT2D eigenvalue weighted by Gasteiger charge is 2.13. The summed E-state index contributed by atoms with van der Waals surface area (Å²) in [5, 5.41) is 26.8. The van der Waals surface area contributed by atoms with Crippen LogP contribution >= 0.6 is 11.6 Å². The molecule has 0 heterocycles. The van der Waals surface area contributed by atoms with Crippen LogP contribution in [0, 0.1) is 11.3 Å². The monoisotopic (exact) mass is 257 g/mol. The predicted octanol–water partition coefficient (Wildman–Crippen LogP) is 0.952. The van der Waals surface area contributed by atoms with Crippen LogP contribution in [0.25, 0.3) is 0 Å². The smallest absolute Gasteiger partial charge is 0.179 e. The van der Waals surface area contributed by atoms with Gasteiger partial charge in [-0.25, -0.2) is 0 Å². The second-order valence-electron chi connectivity index (χ2n) is 3.25. The topological polar surface area (TPSA) is 82.7 Å². The number of rotatable bonds is 5. The standard InChI is InChI=1S/C11H12ClNO4/c1-16-10-3-7(4-13)2-9(12)11(10)17-6-8(15)5-14/h2-3,8,14-15H,5-6H2,1H3. The Morgan fingerprint density at radius 2 is 2.24 bits per heavy atom. The molecular weight excluding hydrogens is 246 g/mol. The van der Waals surface area contributed by atoms with E-state index in [0.717, 1.165) is 0 Å². The number of halogens is 1. The van der Waals surface area contributed by atoms with Crippen molar-refractivity contribution < 1.29 is 19.7 Å². The number of ether oxygens (including phenoxy) is 2. The third kappa shape index (κ3) is 3.49. The Balaban J connectivity index is 2.94. The molecule has 17 heavy (non-hydrogen) atoms. The van der Waals surface area contributed by atoms with Gasteiger partial charge in [-0.2, -0.15) is 5.26 Å². The van der Waals surface area contributed by atoms with E-state index in [9.17, 15) is 0 Å². The van der Waals surface area contributed by atoms with Crippen molar-refractivity contribution in [1.29, 1.82) is 5.26 Å². The quantitative estimate of drug-likeness (QED) is 0.821. The van der Waals surface area contributed by atoms with Gasteiger partial charge in [-0.1, -0.05) is 11.6 Å². The molecule has 6 heteroatoms. The van der Waals surface area contributed by atoms with E-state index in [2.05, 4.69) is 0 Å². The number of hydrogen-bond acceptors (Lipinski definition) is 5. The molecule has 1 rings (SSSR count). The first-order valence-electron chi connectivity index (χ1n) is 4.81. The molecule has 1 unspecified atom stereocenters. The van der Waals surface area contributed by atoms with Gasteiger partial charge in [0.05, 0.1) is 30.4 Å². The molecule has 0 aromatic heterocycles. The second-order valence-corrected chi connectivity index (χ2v) is 3.66. The second kappa shape index (κ2) is 6.30. The zero-order valence-corrected chi connectivity index (χ0v) is 9.94. The fourth-order valence-corrected chi connectivity index (χ4v) is 1.42. The zero-order chi connectivity index (χ0) is 12.8. The van der Waals surface area contributed by atoms with E-state index in [-0.39, 0.29) is 17.4 Å². The molecule has 0 amide bonds. The Bertz CT molecular complexity index is 430. The molecule has 0 aliphatic rings. The Morgan fingerprint density at radius 1 is 1.53 bits per heavy atom. The van der Waals surface area contributed by atoms with Crippen LogP contribution < -0.4 is 9.47 Å². The molecule has 0 saturated heterocycles. The van der Waals surface area contributed by atoms with Gasteiger partial charge in [-0.3, -0.25) is 0 Å². The van der Waals surface area contributed by atoms with E-state index in [1.165, 1.54) is 19.2 Å². The maximum atomic E-state index is 9.16. The molecule has 0 saturated carbocycles. The van der Waals surface area contributed by atoms with Crippen LogP contribution in [0.1, 0.15) is 5.56 Å². The lowest BCUT2D eigenvalue weighted by Crippen LogP contribution is -2.21. The van der Waals surface area contributed by atoms with Crippen molar-refractivity contribution >= 4 is 11.6 Å². The summed E-state index contributed by atoms with van der Waals surface area (Å²) in [7, 11) is 1.42. The number of methoxy groups -OCH3 is 1. The fraction of sp³-hybridized carbons (Fsp3) is 0.364. The van der Waals surface area contributed by atoms with Crippen LogP contribution in [0.4, 0.5) is 0 Å². The Hall–Kier alpha value is -1.48. The van der Waals surface area contributed by atoms with Crippen molar-refractivity contribution in [3.63, 3.8) is 0 Å². The minimum Gasteiger partial charge on any atom is -0.493 e. The first-order valence-corrected chi connectivity index (χ1v) is 5.19. The lowest BCUT2D eigenvalue weighted by molar-refractivity contribution is 0.0527. The van der Waals surface area contributed by atoms with Crippen molar-refractivity contribution in [1.82, 2.24) is 0 Å². The van der Waals surface area contributed by atoms with E-state index >= 15 is 0 Å². The van der Waals surface area contributed by atoms with Crippen molar-refractivity contribution in [2.24, 2.45) is 0 Å². The minimum absolute atomic E-state index is 0.113. The van der Waals surface area contributed by atoms with E-state index < -0.39 is 12.7 Å². The summed E-state index contributed by atoms with van der Waals surface area (Å²) in [5.74, 6) is 0.542. The van der Waals surface area contributed by atoms with E-state index in [1.807, 2.05) is 6.07 Å². The Kier molecular flexibility index (Phi) is 5.04. The number of aliphatic hydroxyl groups is 2. The van der Waals surface area contributed by atoms with Crippen LogP contribution in [0.5, 0.6) is 11.5 Å². The van der Waals surface area contributed by atoms with Gasteiger partial charge in [-0.05, 0) is 6.07 Å². The van der Waals surface area contributed by atoms with Gasteiger partial charge in [0.2, 0.25) is 0 Å². The molecule has 92 valence electrons. The number of aliphatic hydroxyl groups excluding tert-OH is 2. The van der Waals surface area contributed by atoms with Gasteiger partial charge in [-0.15, -0.1) is 0 Å². The molecular formula is C11H12ClNO4. The van der Waals surface area contributed by atoms with Crippen molar-refractivity contribution in [2.45, 2.75) is 6.10 Å². The minimum atomic E-state index is -0.994. The highest BCUT2D eigenvalue weighted by molar-refractivity contribution is 6.32. The summed E-state index contributed by atoms with van der Waals surface area (Å²) in [5.41, 5.74) is 0.349. The molecule has 5 nitrogen and oxygen atoms in total. The number of nitriles is 1. The third-order valence-electron chi connectivity index (χ3n) is 1.99. The van der Waals surface area contributed by atoms with Crippen molar-refractivity contribution in [2.75, 3.05) is 20.3 Å². The highest BCUT2D eigenvalue weighted by atomic mass is 35.5. The largest absolute Gasteiger partial charge is 0.493 e. The highest BCUT2D eigenvalue weighted by Crippen LogP contribution is 2.36. The summed E-state index contributed by atoms with van der Waals surface area (Å²) in [6.07, 6.45) is -0.994. The molecule has 1 atom stereocenters. The van der Waals surface area contributed by atoms with Crippen LogP contribution in [-0.2, 0) is 0 Å². The van der Waals surface area contributed by atoms with Crippen LogP contribution in [-0.4, -0.2) is 36.6 Å². The van der Waals surface area contributed by atoms with Gasteiger partial charge in [0.25, 0.3) is 0 Å². The Labute approximate surface area is 104 Å². The average molecular weight is 258 g/mol. The summed E-state index contributed by atoms with van der Waals surface area (Å²) < 4.78 is 10.3. The van der Waals surface area contributed by atoms with Crippen LogP contribution in [0.15, 0.2) is 12.1 Å². The van der Waals surface area contributed by atoms with Gasteiger partial charge in [0.15, 0.2) is 11.5 Å². The lowest BCUT2D eigenvalue weighted by Gasteiger charge is -2.14. The van der Waals surface area contributed by atoms with Gasteiger partial charge < -0.3 is 19.7 Å². The fourth-order valence-electron chi connectivity index (χ4n) is 1.16. The van der Waals surface area contributed by atoms with E-state index in [4.69, 9.17) is 36.5 Å². The van der Waals surface area contributed by atoms with Crippen molar-refractivity contribution in [3.8, 4) is 17.6 Å². The van der Waals surface area contributed by atoms with Crippen LogP contribution in [0.3, 0.4) is 0 Å². The summed E-state index contributed by atoms with van der Waals surface area (Å²) >= 11 is 5.92. The van der Waals surface area contributed by atoms with E-state index in [0.29, 0.717) is 11.3 Å². The molecule has 1 aromatic carbocycles. The molecule has 1 aromatic rings. The average Bonchev–Trinajstić information content (AvgIpc) is 2.35. The van der Waals surface area contributed by atoms with Gasteiger partial charge in [0.1, 0.15) is 12.7 Å². The molecule has 0 radical (unpaired) electrons.